The topological polar surface area (TPSA) is 55.0 Å². The number of rotatable bonds is 2. The zero-order valence-electron chi connectivity index (χ0n) is 12.5. The molecule has 4 heteroatoms. The van der Waals surface area contributed by atoms with E-state index in [4.69, 9.17) is 10.7 Å². The molecule has 1 unspecified atom stereocenters. The van der Waals surface area contributed by atoms with Crippen LogP contribution in [-0.2, 0) is 0 Å². The predicted molar refractivity (Wildman–Crippen MR) is 86.2 cm³/mol. The molecule has 1 aromatic heterocycles. The number of hydrogen-bond acceptors (Lipinski definition) is 4. The Balaban J connectivity index is 1.91. The van der Waals surface area contributed by atoms with Gasteiger partial charge in [0.15, 0.2) is 5.82 Å². The number of benzene rings is 1. The maximum Gasteiger partial charge on any atom is 0.161 e. The predicted octanol–water partition coefficient (Wildman–Crippen LogP) is 2.77. The van der Waals surface area contributed by atoms with Gasteiger partial charge in [0.2, 0.25) is 0 Å². The molecule has 1 aromatic carbocycles. The molecule has 0 spiro atoms. The van der Waals surface area contributed by atoms with Crippen molar-refractivity contribution in [1.29, 1.82) is 0 Å². The first-order valence-electron chi connectivity index (χ1n) is 7.64. The number of nitrogens with two attached hydrogens (primary N) is 1. The van der Waals surface area contributed by atoms with Gasteiger partial charge in [0.25, 0.3) is 0 Å². The first-order valence-corrected chi connectivity index (χ1v) is 7.64. The fourth-order valence-corrected chi connectivity index (χ4v) is 2.78. The standard InChI is InChI=1S/C17H22N4/c1-13-12-16(21-10-5-8-15(18)9-11-21)20-17(19-13)14-6-3-2-4-7-14/h2-4,6-7,12,15H,5,8-11,18H2,1H3. The first-order chi connectivity index (χ1) is 10.2. The van der Waals surface area contributed by atoms with Crippen molar-refractivity contribution < 1.29 is 0 Å². The summed E-state index contributed by atoms with van der Waals surface area (Å²) in [6.07, 6.45) is 3.26. The third-order valence-corrected chi connectivity index (χ3v) is 3.97. The van der Waals surface area contributed by atoms with Crippen molar-refractivity contribution >= 4 is 5.82 Å². The molecule has 1 saturated heterocycles. The normalized spacial score (nSPS) is 19.3. The van der Waals surface area contributed by atoms with Gasteiger partial charge in [-0.15, -0.1) is 0 Å². The van der Waals surface area contributed by atoms with E-state index in [0.29, 0.717) is 6.04 Å². The van der Waals surface area contributed by atoms with E-state index in [1.54, 1.807) is 0 Å². The zero-order valence-corrected chi connectivity index (χ0v) is 12.5. The number of anilines is 1. The SMILES string of the molecule is Cc1cc(N2CCCC(N)CC2)nc(-c2ccccc2)n1. The van der Waals surface area contributed by atoms with Gasteiger partial charge in [-0.05, 0) is 26.2 Å². The van der Waals surface area contributed by atoms with Crippen LogP contribution >= 0.6 is 0 Å². The Morgan fingerprint density at radius 1 is 1.10 bits per heavy atom. The molecule has 2 aromatic rings. The van der Waals surface area contributed by atoms with Crippen molar-refractivity contribution in [3.05, 3.63) is 42.1 Å². The summed E-state index contributed by atoms with van der Waals surface area (Å²) >= 11 is 0. The number of hydrogen-bond donors (Lipinski definition) is 1. The Kier molecular flexibility index (Phi) is 4.15. The number of nitrogens with zero attached hydrogens (tertiary/aromatic N) is 3. The third-order valence-electron chi connectivity index (χ3n) is 3.97. The Morgan fingerprint density at radius 3 is 2.71 bits per heavy atom. The minimum atomic E-state index is 0.325. The second-order valence-corrected chi connectivity index (χ2v) is 5.74. The molecule has 0 amide bonds. The van der Waals surface area contributed by atoms with Gasteiger partial charge in [0, 0.05) is 36.5 Å². The molecular weight excluding hydrogens is 260 g/mol. The van der Waals surface area contributed by atoms with Crippen molar-refractivity contribution in [3.63, 3.8) is 0 Å². The van der Waals surface area contributed by atoms with Crippen molar-refractivity contribution in [2.75, 3.05) is 18.0 Å². The monoisotopic (exact) mass is 282 g/mol. The lowest BCUT2D eigenvalue weighted by molar-refractivity contribution is 0.601. The molecule has 110 valence electrons. The second-order valence-electron chi connectivity index (χ2n) is 5.74. The van der Waals surface area contributed by atoms with Crippen LogP contribution in [0.1, 0.15) is 25.0 Å². The van der Waals surface area contributed by atoms with Crippen molar-refractivity contribution in [2.45, 2.75) is 32.2 Å². The van der Waals surface area contributed by atoms with Gasteiger partial charge in [-0.25, -0.2) is 9.97 Å². The highest BCUT2D eigenvalue weighted by atomic mass is 15.2. The number of aromatic nitrogens is 2. The molecule has 4 nitrogen and oxygen atoms in total. The van der Waals surface area contributed by atoms with Crippen molar-refractivity contribution in [2.24, 2.45) is 5.73 Å². The smallest absolute Gasteiger partial charge is 0.161 e. The summed E-state index contributed by atoms with van der Waals surface area (Å²) in [7, 11) is 0. The highest BCUT2D eigenvalue weighted by Gasteiger charge is 2.16. The molecule has 1 aliphatic rings. The molecule has 2 N–H and O–H groups in total. The molecule has 0 bridgehead atoms. The molecule has 0 aliphatic carbocycles. The summed E-state index contributed by atoms with van der Waals surface area (Å²) < 4.78 is 0. The molecular formula is C17H22N4. The largest absolute Gasteiger partial charge is 0.356 e. The van der Waals surface area contributed by atoms with E-state index in [1.165, 1.54) is 0 Å². The highest BCUT2D eigenvalue weighted by molar-refractivity contribution is 5.57. The first kappa shape index (κ1) is 14.0. The lowest BCUT2D eigenvalue weighted by atomic mass is 10.1. The Hall–Kier alpha value is -1.94. The Morgan fingerprint density at radius 2 is 1.90 bits per heavy atom. The van der Waals surface area contributed by atoms with Crippen molar-refractivity contribution in [3.8, 4) is 11.4 Å². The lowest BCUT2D eigenvalue weighted by Gasteiger charge is -2.22. The molecule has 0 radical (unpaired) electrons. The fraction of sp³-hybridized carbons (Fsp3) is 0.412. The van der Waals surface area contributed by atoms with Gasteiger partial charge in [-0.3, -0.25) is 0 Å². The molecule has 21 heavy (non-hydrogen) atoms. The second kappa shape index (κ2) is 6.22. The summed E-state index contributed by atoms with van der Waals surface area (Å²) in [6, 6.07) is 12.6. The maximum absolute atomic E-state index is 6.07. The van der Waals surface area contributed by atoms with Crippen LogP contribution in [0.5, 0.6) is 0 Å². The van der Waals surface area contributed by atoms with Gasteiger partial charge in [-0.2, -0.15) is 0 Å². The van der Waals surface area contributed by atoms with Crippen LogP contribution in [0.4, 0.5) is 5.82 Å². The van der Waals surface area contributed by atoms with Crippen LogP contribution in [0, 0.1) is 6.92 Å². The molecule has 0 saturated carbocycles. The van der Waals surface area contributed by atoms with Crippen molar-refractivity contribution in [1.82, 2.24) is 9.97 Å². The van der Waals surface area contributed by atoms with Crippen LogP contribution < -0.4 is 10.6 Å². The Labute approximate surface area is 126 Å². The quantitative estimate of drug-likeness (QED) is 0.920. The van der Waals surface area contributed by atoms with Crippen LogP contribution in [0.3, 0.4) is 0 Å². The fourth-order valence-electron chi connectivity index (χ4n) is 2.78. The molecule has 1 aliphatic heterocycles. The van der Waals surface area contributed by atoms with Gasteiger partial charge < -0.3 is 10.6 Å². The molecule has 1 atom stereocenters. The van der Waals surface area contributed by atoms with E-state index in [1.807, 2.05) is 25.1 Å². The summed E-state index contributed by atoms with van der Waals surface area (Å²) in [6.45, 7) is 4.03. The average molecular weight is 282 g/mol. The van der Waals surface area contributed by atoms with Crippen LogP contribution in [0.2, 0.25) is 0 Å². The van der Waals surface area contributed by atoms with Crippen LogP contribution in [-0.4, -0.2) is 29.1 Å². The summed E-state index contributed by atoms with van der Waals surface area (Å²) in [5.41, 5.74) is 8.14. The van der Waals surface area contributed by atoms with E-state index in [-0.39, 0.29) is 0 Å². The molecule has 3 rings (SSSR count). The van der Waals surface area contributed by atoms with Gasteiger partial charge >= 0.3 is 0 Å². The summed E-state index contributed by atoms with van der Waals surface area (Å²) in [5, 5.41) is 0. The number of aryl methyl sites for hydroxylation is 1. The van der Waals surface area contributed by atoms with Crippen LogP contribution in [0.25, 0.3) is 11.4 Å². The maximum atomic E-state index is 6.07. The molecule has 1 fully saturated rings. The third kappa shape index (κ3) is 3.39. The van der Waals surface area contributed by atoms with Gasteiger partial charge in [-0.1, -0.05) is 30.3 Å². The minimum absolute atomic E-state index is 0.325. The van der Waals surface area contributed by atoms with E-state index < -0.39 is 0 Å². The highest BCUT2D eigenvalue weighted by Crippen LogP contribution is 2.22. The zero-order chi connectivity index (χ0) is 14.7. The van der Waals surface area contributed by atoms with E-state index in [2.05, 4.69) is 28.1 Å². The lowest BCUT2D eigenvalue weighted by Crippen LogP contribution is -2.27. The summed E-state index contributed by atoms with van der Waals surface area (Å²) in [5.74, 6) is 1.83. The van der Waals surface area contributed by atoms with E-state index >= 15 is 0 Å². The Bertz CT molecular complexity index is 597. The molecule has 2 heterocycles. The average Bonchev–Trinajstić information content (AvgIpc) is 2.72. The summed E-state index contributed by atoms with van der Waals surface area (Å²) in [4.78, 5) is 11.7. The van der Waals surface area contributed by atoms with Gasteiger partial charge in [0.05, 0.1) is 0 Å². The minimum Gasteiger partial charge on any atom is -0.356 e. The van der Waals surface area contributed by atoms with Gasteiger partial charge in [0.1, 0.15) is 5.82 Å². The van der Waals surface area contributed by atoms with E-state index in [9.17, 15) is 0 Å². The van der Waals surface area contributed by atoms with E-state index in [0.717, 1.165) is 55.3 Å². The van der Waals surface area contributed by atoms with Crippen LogP contribution in [0.15, 0.2) is 36.4 Å².